The van der Waals surface area contributed by atoms with Gasteiger partial charge in [-0.2, -0.15) is 13.2 Å². The summed E-state index contributed by atoms with van der Waals surface area (Å²) in [6.45, 7) is 3.00. The fourth-order valence-electron chi connectivity index (χ4n) is 3.16. The second-order valence-corrected chi connectivity index (χ2v) is 6.73. The first-order valence-electron chi connectivity index (χ1n) is 9.03. The predicted octanol–water partition coefficient (Wildman–Crippen LogP) is 3.41. The van der Waals surface area contributed by atoms with Gasteiger partial charge in [-0.1, -0.05) is 12.1 Å². The zero-order valence-corrected chi connectivity index (χ0v) is 15.2. The van der Waals surface area contributed by atoms with Gasteiger partial charge in [0.2, 0.25) is 0 Å². The van der Waals surface area contributed by atoms with E-state index in [1.165, 1.54) is 18.2 Å². The third-order valence-corrected chi connectivity index (χ3v) is 4.66. The minimum Gasteiger partial charge on any atom is -0.491 e. The van der Waals surface area contributed by atoms with Crippen LogP contribution in [0.2, 0.25) is 0 Å². The summed E-state index contributed by atoms with van der Waals surface area (Å²) in [5.41, 5.74) is -0.165. The molecule has 0 aliphatic carbocycles. The normalized spacial score (nSPS) is 16.8. The number of aliphatic hydroxyl groups is 1. The van der Waals surface area contributed by atoms with Crippen LogP contribution in [0.3, 0.4) is 0 Å². The van der Waals surface area contributed by atoms with Crippen molar-refractivity contribution in [3.8, 4) is 5.75 Å². The number of para-hydroxylation sites is 1. The number of hydrogen-bond donors (Lipinski definition) is 1. The summed E-state index contributed by atoms with van der Waals surface area (Å²) < 4.78 is 56.9. The van der Waals surface area contributed by atoms with Crippen LogP contribution in [0.4, 0.5) is 23.2 Å². The fourth-order valence-corrected chi connectivity index (χ4v) is 3.16. The maximum atomic E-state index is 13.9. The van der Waals surface area contributed by atoms with Crippen LogP contribution in [0, 0.1) is 5.82 Å². The quantitative estimate of drug-likeness (QED) is 0.757. The van der Waals surface area contributed by atoms with Crippen LogP contribution in [-0.2, 0) is 6.18 Å². The molecule has 2 aromatic carbocycles. The molecule has 1 atom stereocenters. The molecule has 1 saturated heterocycles. The average molecular weight is 398 g/mol. The third kappa shape index (κ3) is 5.36. The van der Waals surface area contributed by atoms with Crippen LogP contribution in [-0.4, -0.2) is 55.4 Å². The highest BCUT2D eigenvalue weighted by atomic mass is 19.4. The minimum atomic E-state index is -4.39. The lowest BCUT2D eigenvalue weighted by Gasteiger charge is -2.36. The Hall–Kier alpha value is -2.32. The molecule has 28 heavy (non-hydrogen) atoms. The van der Waals surface area contributed by atoms with Gasteiger partial charge in [0, 0.05) is 32.7 Å². The smallest absolute Gasteiger partial charge is 0.416 e. The Kier molecular flexibility index (Phi) is 6.41. The second-order valence-electron chi connectivity index (χ2n) is 6.73. The highest BCUT2D eigenvalue weighted by molar-refractivity contribution is 5.48. The molecular weight excluding hydrogens is 376 g/mol. The van der Waals surface area contributed by atoms with Crippen molar-refractivity contribution in [1.29, 1.82) is 0 Å². The summed E-state index contributed by atoms with van der Waals surface area (Å²) in [5.74, 6) is 0.0253. The van der Waals surface area contributed by atoms with Crippen LogP contribution >= 0.6 is 0 Å². The molecule has 0 bridgehead atoms. The fraction of sp³-hybridized carbons (Fsp3) is 0.400. The lowest BCUT2D eigenvalue weighted by Crippen LogP contribution is -2.49. The molecule has 1 aliphatic heterocycles. The lowest BCUT2D eigenvalue weighted by atomic mass is 10.2. The zero-order chi connectivity index (χ0) is 20.1. The Balaban J connectivity index is 1.42. The van der Waals surface area contributed by atoms with Crippen molar-refractivity contribution in [3.63, 3.8) is 0 Å². The molecule has 0 radical (unpaired) electrons. The molecule has 1 N–H and O–H groups in total. The molecule has 8 heteroatoms. The van der Waals surface area contributed by atoms with Crippen molar-refractivity contribution in [1.82, 2.24) is 4.90 Å². The summed E-state index contributed by atoms with van der Waals surface area (Å²) in [6.07, 6.45) is -5.16. The third-order valence-electron chi connectivity index (χ3n) is 4.66. The van der Waals surface area contributed by atoms with E-state index in [4.69, 9.17) is 4.74 Å². The number of nitrogens with zero attached hydrogens (tertiary/aromatic N) is 2. The van der Waals surface area contributed by atoms with Crippen LogP contribution in [0.15, 0.2) is 48.5 Å². The van der Waals surface area contributed by atoms with Gasteiger partial charge in [-0.15, -0.1) is 0 Å². The van der Waals surface area contributed by atoms with Gasteiger partial charge in [-0.05, 0) is 36.4 Å². The average Bonchev–Trinajstić information content (AvgIpc) is 2.67. The maximum absolute atomic E-state index is 13.9. The van der Waals surface area contributed by atoms with E-state index in [-0.39, 0.29) is 18.2 Å². The molecule has 152 valence electrons. The highest BCUT2D eigenvalue weighted by Crippen LogP contribution is 2.30. The van der Waals surface area contributed by atoms with Crippen molar-refractivity contribution in [3.05, 3.63) is 59.9 Å². The van der Waals surface area contributed by atoms with E-state index in [0.29, 0.717) is 38.4 Å². The van der Waals surface area contributed by atoms with Crippen LogP contribution in [0.25, 0.3) is 0 Å². The predicted molar refractivity (Wildman–Crippen MR) is 98.0 cm³/mol. The van der Waals surface area contributed by atoms with E-state index in [1.807, 2.05) is 4.90 Å². The van der Waals surface area contributed by atoms with Gasteiger partial charge in [0.05, 0.1) is 11.3 Å². The summed E-state index contributed by atoms with van der Waals surface area (Å²) in [7, 11) is 0. The second kappa shape index (κ2) is 8.79. The number of halogens is 4. The van der Waals surface area contributed by atoms with Gasteiger partial charge < -0.3 is 14.7 Å². The Labute approximate surface area is 160 Å². The topological polar surface area (TPSA) is 35.9 Å². The molecule has 1 aliphatic rings. The zero-order valence-electron chi connectivity index (χ0n) is 15.2. The largest absolute Gasteiger partial charge is 0.491 e. The number of anilines is 1. The minimum absolute atomic E-state index is 0.0150. The molecule has 0 unspecified atom stereocenters. The molecule has 0 saturated carbocycles. The van der Waals surface area contributed by atoms with Crippen molar-refractivity contribution in [2.75, 3.05) is 44.2 Å². The van der Waals surface area contributed by atoms with Crippen molar-refractivity contribution in [2.24, 2.45) is 0 Å². The molecule has 0 spiro atoms. The molecule has 2 aromatic rings. The Morgan fingerprint density at radius 3 is 2.21 bits per heavy atom. The maximum Gasteiger partial charge on any atom is 0.416 e. The first kappa shape index (κ1) is 20.4. The Morgan fingerprint density at radius 1 is 0.964 bits per heavy atom. The van der Waals surface area contributed by atoms with Gasteiger partial charge in [0.15, 0.2) is 0 Å². The number of rotatable bonds is 6. The van der Waals surface area contributed by atoms with Gasteiger partial charge in [-0.25, -0.2) is 4.39 Å². The number of piperazine rings is 1. The molecule has 1 heterocycles. The lowest BCUT2D eigenvalue weighted by molar-refractivity contribution is -0.137. The van der Waals surface area contributed by atoms with Gasteiger partial charge >= 0.3 is 6.18 Å². The van der Waals surface area contributed by atoms with E-state index >= 15 is 0 Å². The number of ether oxygens (including phenoxy) is 1. The number of hydrogen-bond acceptors (Lipinski definition) is 4. The Morgan fingerprint density at radius 2 is 1.61 bits per heavy atom. The monoisotopic (exact) mass is 398 g/mol. The summed E-state index contributed by atoms with van der Waals surface area (Å²) in [5, 5.41) is 10.2. The number of aliphatic hydroxyl groups excluding tert-OH is 1. The van der Waals surface area contributed by atoms with Crippen molar-refractivity contribution >= 4 is 5.69 Å². The van der Waals surface area contributed by atoms with E-state index in [0.717, 1.165) is 12.1 Å². The number of β-amino-alcohol motifs (C(OH)–C–C–N with tert-alkyl or cyclic N) is 1. The van der Waals surface area contributed by atoms with Gasteiger partial charge in [0.1, 0.15) is 24.3 Å². The summed E-state index contributed by atoms with van der Waals surface area (Å²) in [6, 6.07) is 11.0. The Bertz CT molecular complexity index is 760. The number of benzene rings is 2. The van der Waals surface area contributed by atoms with Crippen LogP contribution in [0.1, 0.15) is 5.56 Å². The van der Waals surface area contributed by atoms with E-state index in [2.05, 4.69) is 4.90 Å². The van der Waals surface area contributed by atoms with E-state index < -0.39 is 17.8 Å². The van der Waals surface area contributed by atoms with Crippen molar-refractivity contribution < 1.29 is 27.4 Å². The SMILES string of the molecule is O[C@H](COc1ccc(C(F)(F)F)cc1)CN1CCN(c2ccccc2F)CC1. The molecule has 4 nitrogen and oxygen atoms in total. The van der Waals surface area contributed by atoms with E-state index in [1.54, 1.807) is 18.2 Å². The standard InChI is InChI=1S/C20H22F4N2O2/c21-18-3-1-2-4-19(18)26-11-9-25(10-12-26)13-16(27)14-28-17-7-5-15(6-8-17)20(22,23)24/h1-8,16,27H,9-14H2/t16-/m0/s1. The van der Waals surface area contributed by atoms with E-state index in [9.17, 15) is 22.7 Å². The summed E-state index contributed by atoms with van der Waals surface area (Å²) in [4.78, 5) is 4.02. The molecular formula is C20H22F4N2O2. The molecule has 0 amide bonds. The van der Waals surface area contributed by atoms with Gasteiger partial charge in [0.25, 0.3) is 0 Å². The molecule has 0 aromatic heterocycles. The first-order chi connectivity index (χ1) is 13.3. The van der Waals surface area contributed by atoms with Crippen LogP contribution in [0.5, 0.6) is 5.75 Å². The van der Waals surface area contributed by atoms with Crippen LogP contribution < -0.4 is 9.64 Å². The molecule has 3 rings (SSSR count). The molecule has 1 fully saturated rings. The first-order valence-corrected chi connectivity index (χ1v) is 9.03. The highest BCUT2D eigenvalue weighted by Gasteiger charge is 2.30. The number of alkyl halides is 3. The summed E-state index contributed by atoms with van der Waals surface area (Å²) >= 11 is 0. The van der Waals surface area contributed by atoms with Crippen molar-refractivity contribution in [2.45, 2.75) is 12.3 Å². The van der Waals surface area contributed by atoms with Gasteiger partial charge in [-0.3, -0.25) is 4.90 Å².